The summed E-state index contributed by atoms with van der Waals surface area (Å²) in [5.41, 5.74) is 0.367. The van der Waals surface area contributed by atoms with Crippen LogP contribution < -0.4 is 5.32 Å². The van der Waals surface area contributed by atoms with E-state index in [1.54, 1.807) is 11.9 Å². The second-order valence-corrected chi connectivity index (χ2v) is 4.84. The summed E-state index contributed by atoms with van der Waals surface area (Å²) in [6, 6.07) is 3.71. The summed E-state index contributed by atoms with van der Waals surface area (Å²) in [6.07, 6.45) is 2.33. The summed E-state index contributed by atoms with van der Waals surface area (Å²) in [5, 5.41) is 2.92. The van der Waals surface area contributed by atoms with E-state index in [2.05, 4.69) is 5.32 Å². The maximum absolute atomic E-state index is 13.6. The Hall–Kier alpha value is -1.49. The Kier molecular flexibility index (Phi) is 4.47. The van der Waals surface area contributed by atoms with Crippen molar-refractivity contribution < 1.29 is 13.6 Å². The minimum Gasteiger partial charge on any atom is -0.335 e. The van der Waals surface area contributed by atoms with Crippen molar-refractivity contribution in [3.63, 3.8) is 0 Å². The van der Waals surface area contributed by atoms with E-state index in [9.17, 15) is 13.6 Å². The van der Waals surface area contributed by atoms with Gasteiger partial charge in [0.2, 0.25) is 5.91 Å². The van der Waals surface area contributed by atoms with E-state index in [0.29, 0.717) is 18.5 Å². The van der Waals surface area contributed by atoms with Crippen molar-refractivity contribution in [3.05, 3.63) is 35.4 Å². The number of carbonyl (C=O) groups excluding carboxylic acids is 1. The van der Waals surface area contributed by atoms with E-state index in [0.717, 1.165) is 18.9 Å². The van der Waals surface area contributed by atoms with E-state index in [4.69, 9.17) is 0 Å². The molecule has 0 heterocycles. The molecule has 1 aliphatic carbocycles. The lowest BCUT2D eigenvalue weighted by atomic mass is 10.2. The summed E-state index contributed by atoms with van der Waals surface area (Å²) < 4.78 is 26.5. The van der Waals surface area contributed by atoms with Crippen molar-refractivity contribution >= 4 is 5.91 Å². The Morgan fingerprint density at radius 2 is 2.16 bits per heavy atom. The average Bonchev–Trinajstić information content (AvgIpc) is 3.19. The van der Waals surface area contributed by atoms with E-state index in [-0.39, 0.29) is 18.5 Å². The standard InChI is InChI=1S/C14H18F2N2O/c1-17-7-6-14(19)18(12-4-5-12)9-10-2-3-11(15)8-13(10)16/h2-3,8,12,17H,4-7,9H2,1H3. The van der Waals surface area contributed by atoms with Gasteiger partial charge in [0.15, 0.2) is 0 Å². The highest BCUT2D eigenvalue weighted by Gasteiger charge is 2.32. The van der Waals surface area contributed by atoms with Crippen LogP contribution in [0.2, 0.25) is 0 Å². The summed E-state index contributed by atoms with van der Waals surface area (Å²) in [6.45, 7) is 0.827. The zero-order valence-corrected chi connectivity index (χ0v) is 11.0. The van der Waals surface area contributed by atoms with E-state index >= 15 is 0 Å². The molecular weight excluding hydrogens is 250 g/mol. The lowest BCUT2D eigenvalue weighted by Gasteiger charge is -2.23. The van der Waals surface area contributed by atoms with Crippen molar-refractivity contribution in [2.24, 2.45) is 0 Å². The van der Waals surface area contributed by atoms with Crippen molar-refractivity contribution in [2.75, 3.05) is 13.6 Å². The van der Waals surface area contributed by atoms with Gasteiger partial charge in [-0.05, 0) is 26.0 Å². The van der Waals surface area contributed by atoms with Crippen LogP contribution in [0.25, 0.3) is 0 Å². The number of rotatable bonds is 6. The summed E-state index contributed by atoms with van der Waals surface area (Å²) in [5.74, 6) is -1.17. The van der Waals surface area contributed by atoms with Gasteiger partial charge in [-0.1, -0.05) is 6.07 Å². The van der Waals surface area contributed by atoms with Gasteiger partial charge in [-0.15, -0.1) is 0 Å². The number of amides is 1. The molecule has 1 fully saturated rings. The van der Waals surface area contributed by atoms with Crippen LogP contribution in [0, 0.1) is 11.6 Å². The highest BCUT2D eigenvalue weighted by atomic mass is 19.1. The molecule has 0 aliphatic heterocycles. The molecule has 1 aromatic carbocycles. The normalized spacial score (nSPS) is 14.5. The average molecular weight is 268 g/mol. The van der Waals surface area contributed by atoms with Crippen molar-refractivity contribution in [2.45, 2.75) is 31.8 Å². The van der Waals surface area contributed by atoms with Gasteiger partial charge in [0.25, 0.3) is 0 Å². The molecule has 0 aromatic heterocycles. The van der Waals surface area contributed by atoms with Crippen LogP contribution in [0.4, 0.5) is 8.78 Å². The minimum absolute atomic E-state index is 0.0144. The van der Waals surface area contributed by atoms with E-state index in [1.165, 1.54) is 12.1 Å². The van der Waals surface area contributed by atoms with Crippen LogP contribution in [-0.4, -0.2) is 30.4 Å². The largest absolute Gasteiger partial charge is 0.335 e. The van der Waals surface area contributed by atoms with Crippen LogP contribution in [0.1, 0.15) is 24.8 Å². The molecule has 5 heteroatoms. The number of halogens is 2. The minimum atomic E-state index is -0.597. The number of benzene rings is 1. The van der Waals surface area contributed by atoms with Gasteiger partial charge in [-0.2, -0.15) is 0 Å². The van der Waals surface area contributed by atoms with Crippen molar-refractivity contribution in [1.82, 2.24) is 10.2 Å². The predicted octanol–water partition coefficient (Wildman–Crippen LogP) is 2.07. The first kappa shape index (κ1) is 13.9. The molecule has 2 rings (SSSR count). The van der Waals surface area contributed by atoms with Crippen molar-refractivity contribution in [3.8, 4) is 0 Å². The Balaban J connectivity index is 2.06. The van der Waals surface area contributed by atoms with Gasteiger partial charge in [-0.25, -0.2) is 8.78 Å². The predicted molar refractivity (Wildman–Crippen MR) is 68.5 cm³/mol. The molecular formula is C14H18F2N2O. The maximum atomic E-state index is 13.6. The summed E-state index contributed by atoms with van der Waals surface area (Å²) in [7, 11) is 1.79. The lowest BCUT2D eigenvalue weighted by Crippen LogP contribution is -2.34. The summed E-state index contributed by atoms with van der Waals surface area (Å²) >= 11 is 0. The Bertz CT molecular complexity index is 461. The molecule has 1 amide bonds. The second-order valence-electron chi connectivity index (χ2n) is 4.84. The van der Waals surface area contributed by atoms with Gasteiger partial charge in [0.05, 0.1) is 0 Å². The monoisotopic (exact) mass is 268 g/mol. The van der Waals surface area contributed by atoms with Crippen LogP contribution in [0.3, 0.4) is 0 Å². The zero-order chi connectivity index (χ0) is 13.8. The van der Waals surface area contributed by atoms with Gasteiger partial charge < -0.3 is 10.2 Å². The molecule has 0 bridgehead atoms. The number of carbonyl (C=O) groups is 1. The molecule has 3 nitrogen and oxygen atoms in total. The number of nitrogens with one attached hydrogen (secondary N) is 1. The van der Waals surface area contributed by atoms with Crippen LogP contribution in [0.5, 0.6) is 0 Å². The number of nitrogens with zero attached hydrogens (tertiary/aromatic N) is 1. The third-order valence-corrected chi connectivity index (χ3v) is 3.25. The fourth-order valence-electron chi connectivity index (χ4n) is 2.02. The first-order valence-corrected chi connectivity index (χ1v) is 6.50. The molecule has 0 radical (unpaired) electrons. The topological polar surface area (TPSA) is 32.3 Å². The maximum Gasteiger partial charge on any atom is 0.224 e. The number of hydrogen-bond donors (Lipinski definition) is 1. The molecule has 0 saturated heterocycles. The molecule has 0 unspecified atom stereocenters. The van der Waals surface area contributed by atoms with Gasteiger partial charge in [0.1, 0.15) is 11.6 Å². The van der Waals surface area contributed by atoms with Crippen molar-refractivity contribution in [1.29, 1.82) is 0 Å². The molecule has 1 aliphatic rings. The highest BCUT2D eigenvalue weighted by molar-refractivity contribution is 5.77. The highest BCUT2D eigenvalue weighted by Crippen LogP contribution is 2.29. The third kappa shape index (κ3) is 3.73. The van der Waals surface area contributed by atoms with E-state index in [1.807, 2.05) is 0 Å². The van der Waals surface area contributed by atoms with Crippen LogP contribution >= 0.6 is 0 Å². The smallest absolute Gasteiger partial charge is 0.224 e. The fraction of sp³-hybridized carbons (Fsp3) is 0.500. The SMILES string of the molecule is CNCCC(=O)N(Cc1ccc(F)cc1F)C1CC1. The quantitative estimate of drug-likeness (QED) is 0.856. The van der Waals surface area contributed by atoms with Crippen LogP contribution in [-0.2, 0) is 11.3 Å². The molecule has 1 aromatic rings. The van der Waals surface area contributed by atoms with Crippen LogP contribution in [0.15, 0.2) is 18.2 Å². The fourth-order valence-corrected chi connectivity index (χ4v) is 2.02. The zero-order valence-electron chi connectivity index (χ0n) is 11.0. The molecule has 19 heavy (non-hydrogen) atoms. The van der Waals surface area contributed by atoms with Gasteiger partial charge >= 0.3 is 0 Å². The van der Waals surface area contributed by atoms with E-state index < -0.39 is 11.6 Å². The molecule has 1 saturated carbocycles. The second kappa shape index (κ2) is 6.10. The Morgan fingerprint density at radius 3 is 2.74 bits per heavy atom. The lowest BCUT2D eigenvalue weighted by molar-refractivity contribution is -0.132. The molecule has 0 spiro atoms. The van der Waals surface area contributed by atoms with Gasteiger partial charge in [-0.3, -0.25) is 4.79 Å². The molecule has 1 N–H and O–H groups in total. The Labute approximate surface area is 111 Å². The summed E-state index contributed by atoms with van der Waals surface area (Å²) in [4.78, 5) is 13.8. The number of hydrogen-bond acceptors (Lipinski definition) is 2. The Morgan fingerprint density at radius 1 is 1.42 bits per heavy atom. The third-order valence-electron chi connectivity index (χ3n) is 3.25. The first-order valence-electron chi connectivity index (χ1n) is 6.50. The molecule has 104 valence electrons. The molecule has 0 atom stereocenters. The first-order chi connectivity index (χ1) is 9.11. The van der Waals surface area contributed by atoms with Gasteiger partial charge in [0, 0.05) is 37.2 Å².